The molecule has 0 aromatic heterocycles. The summed E-state index contributed by atoms with van der Waals surface area (Å²) in [5, 5.41) is 5.53. The van der Waals surface area contributed by atoms with E-state index in [0.717, 1.165) is 23.7 Å². The van der Waals surface area contributed by atoms with Crippen molar-refractivity contribution in [3.05, 3.63) is 112 Å². The van der Waals surface area contributed by atoms with Gasteiger partial charge >= 0.3 is 70.3 Å². The second-order valence-electron chi connectivity index (χ2n) is 14.5. The van der Waals surface area contributed by atoms with E-state index in [1.807, 2.05) is 6.07 Å². The Hall–Kier alpha value is -1.66. The van der Waals surface area contributed by atoms with Crippen LogP contribution >= 0.6 is 0 Å². The Morgan fingerprint density at radius 1 is 0.756 bits per heavy atom. The molecule has 0 saturated heterocycles. The van der Waals surface area contributed by atoms with Crippen LogP contribution in [0.3, 0.4) is 0 Å². The van der Waals surface area contributed by atoms with Crippen LogP contribution in [0.4, 0.5) is 0 Å². The summed E-state index contributed by atoms with van der Waals surface area (Å²) in [6.07, 6.45) is 15.9. The third kappa shape index (κ3) is 7.27. The molecule has 4 saturated carbocycles. The van der Waals surface area contributed by atoms with Gasteiger partial charge in [-0.15, -0.1) is 39.7 Å². The van der Waals surface area contributed by atoms with E-state index in [9.17, 15) is 0 Å². The van der Waals surface area contributed by atoms with Gasteiger partial charge in [0.05, 0.1) is 0 Å². The van der Waals surface area contributed by atoms with Crippen molar-refractivity contribution in [2.75, 3.05) is 0 Å². The summed E-state index contributed by atoms with van der Waals surface area (Å²) in [5.74, 6) is 4.68. The number of rotatable bonds is 2. The quantitative estimate of drug-likeness (QED) is 0.254. The van der Waals surface area contributed by atoms with E-state index < -0.39 is 0 Å². The van der Waals surface area contributed by atoms with Crippen LogP contribution in [-0.2, 0) is 24.2 Å². The van der Waals surface area contributed by atoms with Gasteiger partial charge in [0.1, 0.15) is 0 Å². The normalized spacial score (nSPS) is 27.1. The second kappa shape index (κ2) is 14.6. The fourth-order valence-corrected chi connectivity index (χ4v) is 9.20. The molecule has 3 heteroatoms. The summed E-state index contributed by atoms with van der Waals surface area (Å²) in [5.41, 5.74) is 9.02. The predicted molar refractivity (Wildman–Crippen MR) is 182 cm³/mol. The first-order chi connectivity index (χ1) is 20.5. The number of aryl methyl sites for hydroxylation is 4. The Morgan fingerprint density at radius 2 is 1.22 bits per heavy atom. The molecule has 0 nitrogen and oxygen atoms in total. The molecule has 4 bridgehead atoms. The van der Waals surface area contributed by atoms with Crippen LogP contribution in [0.2, 0.25) is 0 Å². The van der Waals surface area contributed by atoms with Crippen molar-refractivity contribution >= 4 is 24.8 Å². The van der Waals surface area contributed by atoms with Crippen molar-refractivity contribution in [1.82, 2.24) is 0 Å². The molecule has 45 heavy (non-hydrogen) atoms. The van der Waals surface area contributed by atoms with Crippen LogP contribution in [0.15, 0.2) is 78.4 Å². The molecule has 0 heterocycles. The van der Waals surface area contributed by atoms with Gasteiger partial charge in [-0.25, -0.2) is 6.08 Å². The molecule has 5 aliphatic rings. The molecule has 5 aliphatic carbocycles. The maximum absolute atomic E-state index is 3.49. The van der Waals surface area contributed by atoms with Crippen LogP contribution in [0.5, 0.6) is 0 Å². The van der Waals surface area contributed by atoms with Crippen LogP contribution < -0.4 is 24.8 Å². The smallest absolute Gasteiger partial charge is 0.0408 e. The molecule has 4 aromatic rings. The Morgan fingerprint density at radius 3 is 1.62 bits per heavy atom. The van der Waals surface area contributed by atoms with E-state index in [0.29, 0.717) is 11.3 Å². The fourth-order valence-electron chi connectivity index (χ4n) is 8.79. The molecule has 0 amide bonds. The first-order valence-electron chi connectivity index (χ1n) is 16.5. The van der Waals surface area contributed by atoms with E-state index >= 15 is 0 Å². The molecule has 0 radical (unpaired) electrons. The molecule has 0 spiro atoms. The molecule has 9 rings (SSSR count). The number of halogens is 2. The van der Waals surface area contributed by atoms with Crippen molar-refractivity contribution in [2.24, 2.45) is 35.0 Å². The number of fused-ring (bicyclic) bond motifs is 3. The van der Waals surface area contributed by atoms with Gasteiger partial charge in [-0.2, -0.15) is 11.6 Å². The zero-order valence-electron chi connectivity index (χ0n) is 28.1. The van der Waals surface area contributed by atoms with Crippen molar-refractivity contribution < 1.29 is 49.0 Å². The summed E-state index contributed by atoms with van der Waals surface area (Å²) < 4.78 is 1.46. The molecule has 4 aromatic carbocycles. The summed E-state index contributed by atoms with van der Waals surface area (Å²) in [7, 11) is 0. The van der Waals surface area contributed by atoms with Crippen molar-refractivity contribution in [3.8, 4) is 0 Å². The molecule has 1 unspecified atom stereocenters. The summed E-state index contributed by atoms with van der Waals surface area (Å²) >= 11 is 1.51. The Labute approximate surface area is 299 Å². The number of benzene rings is 3. The molecule has 0 N–H and O–H groups in total. The summed E-state index contributed by atoms with van der Waals surface area (Å²) in [6, 6.07) is 22.0. The van der Waals surface area contributed by atoms with E-state index in [-0.39, 0.29) is 24.8 Å². The third-order valence-corrected chi connectivity index (χ3v) is 12.2. The zero-order valence-corrected chi connectivity index (χ0v) is 32.1. The van der Waals surface area contributed by atoms with Crippen LogP contribution in [0.25, 0.3) is 21.5 Å². The van der Waals surface area contributed by atoms with Crippen molar-refractivity contribution in [2.45, 2.75) is 80.6 Å². The Kier molecular flexibility index (Phi) is 11.8. The predicted octanol–water partition coefficient (Wildman–Crippen LogP) is 5.11. The largest absolute Gasteiger partial charge is 1.00 e. The van der Waals surface area contributed by atoms with Crippen molar-refractivity contribution in [1.29, 1.82) is 0 Å². The minimum atomic E-state index is 0. The van der Waals surface area contributed by atoms with Crippen LogP contribution in [0, 0.1) is 68.8 Å². The van der Waals surface area contributed by atoms with E-state index in [1.54, 1.807) is 12.0 Å². The zero-order chi connectivity index (χ0) is 30.5. The first-order valence-corrected chi connectivity index (χ1v) is 17.8. The number of allylic oxidation sites excluding steroid dienone is 4. The maximum atomic E-state index is 3.49. The van der Waals surface area contributed by atoms with Gasteiger partial charge in [0, 0.05) is 0 Å². The van der Waals surface area contributed by atoms with Gasteiger partial charge in [-0.05, 0) is 83.5 Å². The average Bonchev–Trinajstić information content (AvgIpc) is 3.56. The fraction of sp³-hybridized carbons (Fsp3) is 0.429. The first kappa shape index (κ1) is 36.2. The van der Waals surface area contributed by atoms with E-state index in [1.165, 1.54) is 102 Å². The molecular formula is C42H48Cl2Zr-2. The summed E-state index contributed by atoms with van der Waals surface area (Å²) in [4.78, 5) is 0. The monoisotopic (exact) mass is 712 g/mol. The molecule has 4 fully saturated rings. The standard InChI is InChI=1S/C17H23.C17H17.C8H8.2ClH.Zr/c1-11-3-4-14(5-11)17(2)15-7-12-6-13(9-15)10-16(17)8-12;1-10-5-14-9-15-6-11(2)13(4)8-17(15)16(14)7-12(10)3;1-2-8-6-4-3-5-7-8;;;/h4-5,11-13,15-16H,6-10H2,1-2H3;5-9H,1-4H3;3-7H,1H3;2*1H;/q2*-1;;;;+2/p-2. The van der Waals surface area contributed by atoms with Gasteiger partial charge in [-0.1, -0.05) is 59.6 Å². The topological polar surface area (TPSA) is 0 Å². The van der Waals surface area contributed by atoms with Crippen LogP contribution in [0.1, 0.15) is 80.7 Å². The van der Waals surface area contributed by atoms with Gasteiger partial charge < -0.3 is 24.8 Å². The average molecular weight is 715 g/mol. The molecular weight excluding hydrogens is 667 g/mol. The molecule has 0 aliphatic heterocycles. The minimum absolute atomic E-state index is 0. The van der Waals surface area contributed by atoms with E-state index in [2.05, 4.69) is 121 Å². The molecule has 236 valence electrons. The Balaban J connectivity index is 0.000000158. The SMILES string of the molecule is CC1[C-]=CC(C2(C)C3CC4CC(C3)CC2C4)=C1.C[C](=[Zr+2])c1ccccc1.Cc1cc2[cH-]c3cc(C)c(C)cc3c2cc1C.[Cl-].[Cl-]. The summed E-state index contributed by atoms with van der Waals surface area (Å²) in [6.45, 7) is 15.7. The molecule has 1 atom stereocenters. The third-order valence-electron chi connectivity index (χ3n) is 11.5. The van der Waals surface area contributed by atoms with E-state index in [4.69, 9.17) is 0 Å². The van der Waals surface area contributed by atoms with Gasteiger partial charge in [-0.3, -0.25) is 6.08 Å². The maximum Gasteiger partial charge on any atom is -0.0408 e. The van der Waals surface area contributed by atoms with Gasteiger partial charge in [0.15, 0.2) is 0 Å². The minimum Gasteiger partial charge on any atom is -1.00 e. The number of hydrogen-bond donors (Lipinski definition) is 0. The second-order valence-corrected chi connectivity index (χ2v) is 16.3. The van der Waals surface area contributed by atoms with Gasteiger partial charge in [0.25, 0.3) is 0 Å². The van der Waals surface area contributed by atoms with Gasteiger partial charge in [0.2, 0.25) is 0 Å². The Bertz CT molecular complexity index is 1630. The number of hydrogen-bond acceptors (Lipinski definition) is 0. The van der Waals surface area contributed by atoms with Crippen LogP contribution in [-0.4, -0.2) is 3.21 Å². The van der Waals surface area contributed by atoms with Crippen molar-refractivity contribution in [3.63, 3.8) is 0 Å².